The monoisotopic (exact) mass is 236 g/mol. The average Bonchev–Trinajstić information content (AvgIpc) is 3.09. The number of hydrogen-bond acceptors (Lipinski definition) is 3. The second-order valence-electron chi connectivity index (χ2n) is 4.38. The zero-order valence-corrected chi connectivity index (χ0v) is 10.2. The van der Waals surface area contributed by atoms with E-state index in [9.17, 15) is 9.90 Å². The third kappa shape index (κ3) is 1.64. The Hall–Kier alpha value is -1.71. The van der Waals surface area contributed by atoms with E-state index in [-0.39, 0.29) is 0 Å². The van der Waals surface area contributed by atoms with Crippen molar-refractivity contribution in [3.63, 3.8) is 0 Å². The van der Waals surface area contributed by atoms with Crippen LogP contribution in [-0.4, -0.2) is 25.3 Å². The van der Waals surface area contributed by atoms with Crippen molar-refractivity contribution in [1.82, 2.24) is 0 Å². The third-order valence-electron chi connectivity index (χ3n) is 3.39. The molecule has 1 fully saturated rings. The maximum atomic E-state index is 11.4. The highest BCUT2D eigenvalue weighted by molar-refractivity contribution is 5.87. The van der Waals surface area contributed by atoms with Gasteiger partial charge in [-0.1, -0.05) is 6.07 Å². The van der Waals surface area contributed by atoms with Crippen LogP contribution in [0.2, 0.25) is 0 Å². The van der Waals surface area contributed by atoms with E-state index in [1.165, 1.54) is 0 Å². The normalized spacial score (nSPS) is 16.4. The molecular weight excluding hydrogens is 220 g/mol. The molecule has 0 amide bonds. The van der Waals surface area contributed by atoms with Crippen LogP contribution in [0.25, 0.3) is 0 Å². The molecule has 0 heterocycles. The second-order valence-corrected chi connectivity index (χ2v) is 4.38. The van der Waals surface area contributed by atoms with Crippen molar-refractivity contribution in [2.75, 3.05) is 14.2 Å². The number of benzene rings is 1. The molecule has 1 aromatic rings. The van der Waals surface area contributed by atoms with Crippen LogP contribution in [0.4, 0.5) is 0 Å². The predicted molar refractivity (Wildman–Crippen MR) is 62.8 cm³/mol. The zero-order valence-electron chi connectivity index (χ0n) is 10.2. The molecule has 0 radical (unpaired) electrons. The summed E-state index contributed by atoms with van der Waals surface area (Å²) in [7, 11) is 3.09. The summed E-state index contributed by atoms with van der Waals surface area (Å²) in [5.41, 5.74) is 0.915. The van der Waals surface area contributed by atoms with E-state index in [0.717, 1.165) is 11.1 Å². The molecule has 1 saturated carbocycles. The standard InChI is InChI=1S/C13H16O4/c1-8-4-5-9(16-2)11(17-3)10(8)13(6-7-13)12(14)15/h4-5H,6-7H2,1-3H3,(H,14,15). The Labute approximate surface area is 100 Å². The summed E-state index contributed by atoms with van der Waals surface area (Å²) >= 11 is 0. The van der Waals surface area contributed by atoms with E-state index >= 15 is 0 Å². The van der Waals surface area contributed by atoms with Crippen molar-refractivity contribution in [3.8, 4) is 11.5 Å². The minimum Gasteiger partial charge on any atom is -0.493 e. The Morgan fingerprint density at radius 3 is 2.35 bits per heavy atom. The molecule has 0 spiro atoms. The van der Waals surface area contributed by atoms with Crippen molar-refractivity contribution in [2.24, 2.45) is 0 Å². The zero-order chi connectivity index (χ0) is 12.6. The minimum absolute atomic E-state index is 0.549. The fraction of sp³-hybridized carbons (Fsp3) is 0.462. The number of aliphatic carboxylic acids is 1. The highest BCUT2D eigenvalue weighted by atomic mass is 16.5. The number of carbonyl (C=O) groups is 1. The molecule has 1 aliphatic carbocycles. The van der Waals surface area contributed by atoms with Crippen LogP contribution >= 0.6 is 0 Å². The number of carboxylic acids is 1. The summed E-state index contributed by atoms with van der Waals surface area (Å²) in [6.45, 7) is 1.90. The molecule has 1 N–H and O–H groups in total. The molecule has 0 aromatic heterocycles. The van der Waals surface area contributed by atoms with Crippen LogP contribution in [0.3, 0.4) is 0 Å². The minimum atomic E-state index is -0.785. The van der Waals surface area contributed by atoms with Gasteiger partial charge in [-0.05, 0) is 31.4 Å². The van der Waals surface area contributed by atoms with Gasteiger partial charge in [-0.3, -0.25) is 4.79 Å². The first-order valence-corrected chi connectivity index (χ1v) is 5.52. The third-order valence-corrected chi connectivity index (χ3v) is 3.39. The van der Waals surface area contributed by atoms with Gasteiger partial charge in [-0.15, -0.1) is 0 Å². The van der Waals surface area contributed by atoms with Crippen LogP contribution in [0.5, 0.6) is 11.5 Å². The molecule has 0 saturated heterocycles. The van der Waals surface area contributed by atoms with Gasteiger partial charge in [0.25, 0.3) is 0 Å². The molecule has 0 unspecified atom stereocenters. The molecule has 1 aliphatic rings. The van der Waals surface area contributed by atoms with Crippen molar-refractivity contribution in [3.05, 3.63) is 23.3 Å². The maximum Gasteiger partial charge on any atom is 0.314 e. The van der Waals surface area contributed by atoms with Crippen LogP contribution in [-0.2, 0) is 10.2 Å². The van der Waals surface area contributed by atoms with Gasteiger partial charge in [0.1, 0.15) is 0 Å². The quantitative estimate of drug-likeness (QED) is 0.870. The molecule has 4 nitrogen and oxygen atoms in total. The van der Waals surface area contributed by atoms with Gasteiger partial charge in [0, 0.05) is 5.56 Å². The van der Waals surface area contributed by atoms with Crippen molar-refractivity contribution < 1.29 is 19.4 Å². The summed E-state index contributed by atoms with van der Waals surface area (Å²) in [6.07, 6.45) is 1.32. The molecule has 0 bridgehead atoms. The van der Waals surface area contributed by atoms with Crippen LogP contribution in [0.15, 0.2) is 12.1 Å². The van der Waals surface area contributed by atoms with Gasteiger partial charge in [0.15, 0.2) is 11.5 Å². The van der Waals surface area contributed by atoms with E-state index in [2.05, 4.69) is 0 Å². The van der Waals surface area contributed by atoms with E-state index in [0.29, 0.717) is 24.3 Å². The smallest absolute Gasteiger partial charge is 0.314 e. The van der Waals surface area contributed by atoms with E-state index in [4.69, 9.17) is 9.47 Å². The first-order chi connectivity index (χ1) is 8.06. The first-order valence-electron chi connectivity index (χ1n) is 5.52. The summed E-state index contributed by atoms with van der Waals surface area (Å²) in [4.78, 5) is 11.4. The summed E-state index contributed by atoms with van der Waals surface area (Å²) in [5.74, 6) is 0.347. The van der Waals surface area contributed by atoms with Gasteiger partial charge in [-0.2, -0.15) is 0 Å². The molecule has 0 aliphatic heterocycles. The van der Waals surface area contributed by atoms with Crippen LogP contribution in [0.1, 0.15) is 24.0 Å². The molecule has 1 aromatic carbocycles. The van der Waals surface area contributed by atoms with Gasteiger partial charge in [-0.25, -0.2) is 0 Å². The lowest BCUT2D eigenvalue weighted by Crippen LogP contribution is -2.21. The second kappa shape index (κ2) is 3.95. The molecule has 4 heteroatoms. The Morgan fingerprint density at radius 2 is 1.94 bits per heavy atom. The van der Waals surface area contributed by atoms with Gasteiger partial charge in [0.2, 0.25) is 0 Å². The fourth-order valence-corrected chi connectivity index (χ4v) is 2.32. The van der Waals surface area contributed by atoms with Gasteiger partial charge >= 0.3 is 5.97 Å². The lowest BCUT2D eigenvalue weighted by atomic mass is 9.90. The van der Waals surface area contributed by atoms with Gasteiger partial charge in [0.05, 0.1) is 19.6 Å². The van der Waals surface area contributed by atoms with E-state index in [1.807, 2.05) is 13.0 Å². The summed E-state index contributed by atoms with van der Waals surface area (Å²) < 4.78 is 10.6. The number of aryl methyl sites for hydroxylation is 1. The van der Waals surface area contributed by atoms with E-state index < -0.39 is 11.4 Å². The maximum absolute atomic E-state index is 11.4. The van der Waals surface area contributed by atoms with E-state index in [1.54, 1.807) is 20.3 Å². The lowest BCUT2D eigenvalue weighted by molar-refractivity contribution is -0.140. The summed E-state index contributed by atoms with van der Waals surface area (Å²) in [5, 5.41) is 9.37. The Morgan fingerprint density at radius 1 is 1.29 bits per heavy atom. The Bertz CT molecular complexity index is 461. The topological polar surface area (TPSA) is 55.8 Å². The highest BCUT2D eigenvalue weighted by Gasteiger charge is 2.54. The van der Waals surface area contributed by atoms with Crippen LogP contribution in [0, 0.1) is 6.92 Å². The first kappa shape index (κ1) is 11.8. The number of ether oxygens (including phenoxy) is 2. The van der Waals surface area contributed by atoms with Crippen molar-refractivity contribution in [2.45, 2.75) is 25.2 Å². The van der Waals surface area contributed by atoms with Crippen molar-refractivity contribution >= 4 is 5.97 Å². The summed E-state index contributed by atoms with van der Waals surface area (Å²) in [6, 6.07) is 3.68. The number of carboxylic acid groups (broad SMARTS) is 1. The molecule has 2 rings (SSSR count). The largest absolute Gasteiger partial charge is 0.493 e. The van der Waals surface area contributed by atoms with Gasteiger partial charge < -0.3 is 14.6 Å². The van der Waals surface area contributed by atoms with Crippen LogP contribution < -0.4 is 9.47 Å². The number of methoxy groups -OCH3 is 2. The average molecular weight is 236 g/mol. The SMILES string of the molecule is COc1ccc(C)c(C2(C(=O)O)CC2)c1OC. The molecule has 92 valence electrons. The van der Waals surface area contributed by atoms with Crippen molar-refractivity contribution in [1.29, 1.82) is 0 Å². The molecule has 17 heavy (non-hydrogen) atoms. The lowest BCUT2D eigenvalue weighted by Gasteiger charge is -2.19. The Balaban J connectivity index is 2.63. The predicted octanol–water partition coefficient (Wildman–Crippen LogP) is 2.13. The Kier molecular flexibility index (Phi) is 2.73. The molecular formula is C13H16O4. The number of rotatable bonds is 4. The molecule has 0 atom stereocenters. The fourth-order valence-electron chi connectivity index (χ4n) is 2.32. The highest BCUT2D eigenvalue weighted by Crippen LogP contribution is 2.54. The number of hydrogen-bond donors (Lipinski definition) is 1.